The molecule has 8 atom stereocenters. The number of allylic oxidation sites excluding steroid dienone is 1. The monoisotopic (exact) mass is 466 g/mol. The Morgan fingerprint density at radius 3 is 1.94 bits per heavy atom. The zero-order valence-electron chi connectivity index (χ0n) is 24.5. The van der Waals surface area contributed by atoms with E-state index in [4.69, 9.17) is 0 Å². The van der Waals surface area contributed by atoms with Crippen molar-refractivity contribution in [2.24, 2.45) is 44.3 Å². The molecule has 194 valence electrons. The molecule has 0 aliphatic heterocycles. The second-order valence-electron chi connectivity index (χ2n) is 14.2. The van der Waals surface area contributed by atoms with Gasteiger partial charge in [-0.3, -0.25) is 0 Å². The van der Waals surface area contributed by atoms with E-state index < -0.39 is 0 Å². The smallest absolute Gasteiger partial charge is 0.00705 e. The zero-order chi connectivity index (χ0) is 25.0. The third-order valence-corrected chi connectivity index (χ3v) is 14.6. The molecule has 0 aromatic heterocycles. The van der Waals surface area contributed by atoms with Crippen molar-refractivity contribution < 1.29 is 0 Å². The van der Waals surface area contributed by atoms with Gasteiger partial charge in [-0.15, -0.1) is 5.73 Å². The molecule has 0 heteroatoms. The van der Waals surface area contributed by atoms with Crippen LogP contribution in [0.25, 0.3) is 0 Å². The summed E-state index contributed by atoms with van der Waals surface area (Å²) in [6, 6.07) is 0. The van der Waals surface area contributed by atoms with E-state index in [1.165, 1.54) is 102 Å². The molecule has 4 aliphatic rings. The summed E-state index contributed by atoms with van der Waals surface area (Å²) in [5.41, 5.74) is 7.96. The van der Waals surface area contributed by atoms with Gasteiger partial charge in [-0.25, -0.2) is 0 Å². The first kappa shape index (κ1) is 26.6. The number of hydrogen-bond donors (Lipinski definition) is 0. The molecule has 0 radical (unpaired) electrons. The summed E-state index contributed by atoms with van der Waals surface area (Å²) >= 11 is 0. The molecule has 0 heterocycles. The van der Waals surface area contributed by atoms with Crippen LogP contribution in [-0.4, -0.2) is 0 Å². The highest BCUT2D eigenvalue weighted by Crippen LogP contribution is 2.82. The van der Waals surface area contributed by atoms with Gasteiger partial charge in [0.2, 0.25) is 0 Å². The minimum atomic E-state index is 0.434. The Bertz CT molecular complexity index is 816. The van der Waals surface area contributed by atoms with Gasteiger partial charge in [0.15, 0.2) is 0 Å². The molecule has 4 saturated carbocycles. The van der Waals surface area contributed by atoms with Crippen molar-refractivity contribution in [3.8, 4) is 0 Å². The molecule has 2 unspecified atom stereocenters. The molecule has 0 nitrogen and oxygen atoms in total. The molecular formula is C34H58. The Morgan fingerprint density at radius 1 is 0.706 bits per heavy atom. The van der Waals surface area contributed by atoms with Crippen LogP contribution in [0.2, 0.25) is 0 Å². The van der Waals surface area contributed by atoms with Gasteiger partial charge < -0.3 is 0 Å². The lowest BCUT2D eigenvalue weighted by molar-refractivity contribution is -0.253. The van der Waals surface area contributed by atoms with Gasteiger partial charge in [0.1, 0.15) is 0 Å². The first-order chi connectivity index (χ1) is 16.1. The van der Waals surface area contributed by atoms with E-state index in [0.717, 1.165) is 5.92 Å². The van der Waals surface area contributed by atoms with Gasteiger partial charge >= 0.3 is 0 Å². The van der Waals surface area contributed by atoms with Crippen molar-refractivity contribution in [3.63, 3.8) is 0 Å². The molecule has 0 bridgehead atoms. The molecule has 4 aliphatic carbocycles. The average molecular weight is 467 g/mol. The Balaban J connectivity index is 1.90. The summed E-state index contributed by atoms with van der Waals surface area (Å²) in [6.45, 7) is 24.6. The number of fused-ring (bicyclic) bond motifs is 5. The van der Waals surface area contributed by atoms with Crippen molar-refractivity contribution in [1.29, 1.82) is 0 Å². The van der Waals surface area contributed by atoms with Crippen molar-refractivity contribution in [2.45, 2.75) is 152 Å². The van der Waals surface area contributed by atoms with E-state index in [1.54, 1.807) is 0 Å². The van der Waals surface area contributed by atoms with Gasteiger partial charge in [-0.2, -0.15) is 0 Å². The van der Waals surface area contributed by atoms with Crippen LogP contribution in [-0.2, 0) is 0 Å². The van der Waals surface area contributed by atoms with E-state index in [-0.39, 0.29) is 0 Å². The highest BCUT2D eigenvalue weighted by Gasteiger charge is 2.74. The largest absolute Gasteiger partial charge is 0.130 e. The van der Waals surface area contributed by atoms with Gasteiger partial charge in [-0.05, 0) is 147 Å². The molecule has 0 spiro atoms. The predicted molar refractivity (Wildman–Crippen MR) is 149 cm³/mol. The first-order valence-electron chi connectivity index (χ1n) is 15.5. The van der Waals surface area contributed by atoms with Crippen molar-refractivity contribution >= 4 is 0 Å². The lowest BCUT2D eigenvalue weighted by Crippen LogP contribution is -2.66. The maximum absolute atomic E-state index is 4.10. The SMILES string of the molecule is C=C=C(C)C1CC[C@@]2(CC)[C@@H]3CCC4(CC)CC[C@](C)(CC)CC[C@]4(CC)[C@@]3(CC)CC[C@]12C. The second-order valence-corrected chi connectivity index (χ2v) is 14.2. The Labute approximate surface area is 213 Å². The molecule has 4 fully saturated rings. The van der Waals surface area contributed by atoms with Crippen LogP contribution < -0.4 is 0 Å². The molecule has 34 heavy (non-hydrogen) atoms. The highest BCUT2D eigenvalue weighted by molar-refractivity contribution is 5.25. The normalized spacial score (nSPS) is 50.5. The van der Waals surface area contributed by atoms with Crippen LogP contribution in [0, 0.1) is 44.3 Å². The van der Waals surface area contributed by atoms with Crippen LogP contribution >= 0.6 is 0 Å². The number of hydrogen-bond acceptors (Lipinski definition) is 0. The third kappa shape index (κ3) is 3.02. The minimum Gasteiger partial charge on any atom is -0.130 e. The van der Waals surface area contributed by atoms with Crippen LogP contribution in [0.15, 0.2) is 17.9 Å². The van der Waals surface area contributed by atoms with Gasteiger partial charge in [0, 0.05) is 0 Å². The third-order valence-electron chi connectivity index (χ3n) is 14.6. The molecule has 0 saturated heterocycles. The van der Waals surface area contributed by atoms with E-state index in [0.29, 0.717) is 38.4 Å². The molecule has 0 N–H and O–H groups in total. The van der Waals surface area contributed by atoms with Crippen LogP contribution in [0.3, 0.4) is 0 Å². The predicted octanol–water partition coefficient (Wildman–Crippen LogP) is 10.9. The minimum absolute atomic E-state index is 0.434. The molecular weight excluding hydrogens is 408 g/mol. The fourth-order valence-electron chi connectivity index (χ4n) is 12.3. The van der Waals surface area contributed by atoms with Crippen LogP contribution in [0.5, 0.6) is 0 Å². The topological polar surface area (TPSA) is 0 Å². The second kappa shape index (κ2) is 8.82. The van der Waals surface area contributed by atoms with Crippen LogP contribution in [0.4, 0.5) is 0 Å². The van der Waals surface area contributed by atoms with Crippen molar-refractivity contribution in [3.05, 3.63) is 17.9 Å². The van der Waals surface area contributed by atoms with Gasteiger partial charge in [-0.1, -0.05) is 61.5 Å². The lowest BCUT2D eigenvalue weighted by atomic mass is 9.30. The Kier molecular flexibility index (Phi) is 6.90. The van der Waals surface area contributed by atoms with Crippen molar-refractivity contribution in [1.82, 2.24) is 0 Å². The zero-order valence-corrected chi connectivity index (χ0v) is 24.5. The quantitative estimate of drug-likeness (QED) is 0.341. The van der Waals surface area contributed by atoms with E-state index in [9.17, 15) is 0 Å². The molecule has 0 amide bonds. The van der Waals surface area contributed by atoms with Crippen LogP contribution in [0.1, 0.15) is 152 Å². The van der Waals surface area contributed by atoms with Gasteiger partial charge in [0.25, 0.3) is 0 Å². The summed E-state index contributed by atoms with van der Waals surface area (Å²) in [5, 5.41) is 0. The fraction of sp³-hybridized carbons (Fsp3) is 0.912. The summed E-state index contributed by atoms with van der Waals surface area (Å²) < 4.78 is 0. The molecule has 0 aromatic carbocycles. The van der Waals surface area contributed by atoms with E-state index >= 15 is 0 Å². The van der Waals surface area contributed by atoms with Crippen molar-refractivity contribution in [2.75, 3.05) is 0 Å². The summed E-state index contributed by atoms with van der Waals surface area (Å²) in [7, 11) is 0. The Hall–Kier alpha value is -0.480. The fourth-order valence-corrected chi connectivity index (χ4v) is 12.3. The summed E-state index contributed by atoms with van der Waals surface area (Å²) in [5.74, 6) is 1.61. The lowest BCUT2D eigenvalue weighted by Gasteiger charge is -2.74. The molecule has 0 aromatic rings. The van der Waals surface area contributed by atoms with Gasteiger partial charge in [0.05, 0.1) is 0 Å². The average Bonchev–Trinajstić information content (AvgIpc) is 3.10. The maximum atomic E-state index is 4.10. The van der Waals surface area contributed by atoms with E-state index in [2.05, 4.69) is 67.7 Å². The number of rotatable bonds is 6. The summed E-state index contributed by atoms with van der Waals surface area (Å²) in [4.78, 5) is 0. The molecule has 4 rings (SSSR count). The Morgan fingerprint density at radius 2 is 1.38 bits per heavy atom. The first-order valence-corrected chi connectivity index (χ1v) is 15.5. The standard InChI is InChI=1S/C34H58/c1-10-26(7)27-16-19-32(13-4)28-17-18-31(12-3)23-20-29(8,11-2)21-25-34(31,15-6)33(28,14-5)24-22-30(27,32)9/h27-28H,1,11-25H2,2-9H3/t27?,28-,29-,30+,31?,32-,33-,34-/m0/s1. The summed E-state index contributed by atoms with van der Waals surface area (Å²) in [6.07, 6.45) is 21.6. The highest BCUT2D eigenvalue weighted by atomic mass is 14.8. The van der Waals surface area contributed by atoms with E-state index in [1.807, 2.05) is 0 Å². The maximum Gasteiger partial charge on any atom is -0.00705 e.